The van der Waals surface area contributed by atoms with Crippen LogP contribution >= 0.6 is 35.5 Å². The summed E-state index contributed by atoms with van der Waals surface area (Å²) in [7, 11) is 0.916. The van der Waals surface area contributed by atoms with Crippen LogP contribution in [0.25, 0.3) is 0 Å². The zero-order valence-corrected chi connectivity index (χ0v) is 31.4. The number of hydrogen-bond acceptors (Lipinski definition) is 4. The van der Waals surface area contributed by atoms with E-state index in [0.29, 0.717) is 0 Å². The lowest BCUT2D eigenvalue weighted by atomic mass is 10.1. The molecule has 38 heavy (non-hydrogen) atoms. The summed E-state index contributed by atoms with van der Waals surface area (Å²) < 4.78 is 8.55. The number of rotatable bonds is 24. The van der Waals surface area contributed by atoms with Crippen molar-refractivity contribution < 1.29 is 19.2 Å². The summed E-state index contributed by atoms with van der Waals surface area (Å²) in [5, 5.41) is 0. The maximum atomic E-state index is 8.55. The first kappa shape index (κ1) is 46.4. The van der Waals surface area contributed by atoms with Crippen LogP contribution in [0.3, 0.4) is 0 Å². The molecule has 0 aromatic heterocycles. The SMILES string of the molecule is CCCCCCCCCC[PH3+].CCCCCCCCCC[PH3+].CCCCCCCCCC[PH3+].O=P([O-])([O-])[O-]. The van der Waals surface area contributed by atoms with Crippen molar-refractivity contribution in [3.63, 3.8) is 0 Å². The molecule has 4 nitrogen and oxygen atoms in total. The van der Waals surface area contributed by atoms with Gasteiger partial charge in [0.1, 0.15) is 0 Å². The second-order valence-electron chi connectivity index (χ2n) is 10.4. The fraction of sp³-hybridized carbons (Fsp3) is 1.00. The molecule has 0 amide bonds. The van der Waals surface area contributed by atoms with E-state index >= 15 is 0 Å². The van der Waals surface area contributed by atoms with Crippen molar-refractivity contribution in [1.82, 2.24) is 0 Å². The highest BCUT2D eigenvalue weighted by Gasteiger charge is 1.91. The lowest BCUT2D eigenvalue weighted by Gasteiger charge is -2.36. The van der Waals surface area contributed by atoms with E-state index in [9.17, 15) is 0 Å². The number of phosphoric acid groups is 1. The van der Waals surface area contributed by atoms with E-state index in [1.165, 1.54) is 173 Å². The van der Waals surface area contributed by atoms with E-state index in [4.69, 9.17) is 19.2 Å². The molecular weight excluding hydrogens is 548 g/mol. The average molecular weight is 621 g/mol. The molecule has 0 radical (unpaired) electrons. The van der Waals surface area contributed by atoms with Gasteiger partial charge in [-0.15, -0.1) is 0 Å². The highest BCUT2D eigenvalue weighted by atomic mass is 31.2. The monoisotopic (exact) mass is 620 g/mol. The van der Waals surface area contributed by atoms with Crippen LogP contribution in [0, 0.1) is 0 Å². The minimum Gasteiger partial charge on any atom is -0.822 e. The molecule has 0 saturated carbocycles. The number of unbranched alkanes of at least 4 members (excludes halogenated alkanes) is 21. The molecule has 0 rings (SSSR count). The Labute approximate surface area is 247 Å². The van der Waals surface area contributed by atoms with Gasteiger partial charge in [0, 0.05) is 0 Å². The van der Waals surface area contributed by atoms with E-state index in [-0.39, 0.29) is 0 Å². The van der Waals surface area contributed by atoms with Crippen molar-refractivity contribution in [1.29, 1.82) is 0 Å². The van der Waals surface area contributed by atoms with E-state index in [1.807, 2.05) is 0 Å². The van der Waals surface area contributed by atoms with E-state index in [1.54, 1.807) is 0 Å². The van der Waals surface area contributed by atoms with Crippen LogP contribution in [0.15, 0.2) is 0 Å². The summed E-state index contributed by atoms with van der Waals surface area (Å²) >= 11 is 0. The van der Waals surface area contributed by atoms with Crippen LogP contribution in [-0.4, -0.2) is 18.5 Å². The van der Waals surface area contributed by atoms with Gasteiger partial charge in [-0.05, 0) is 66.2 Å². The van der Waals surface area contributed by atoms with E-state index in [0.717, 1.165) is 0 Å². The molecular formula is C30H72O4P4. The first-order valence-electron chi connectivity index (χ1n) is 16.4. The maximum absolute atomic E-state index is 8.55. The highest BCUT2D eigenvalue weighted by Crippen LogP contribution is 2.10. The maximum Gasteiger partial charge on any atom is 0.0526 e. The largest absolute Gasteiger partial charge is 0.822 e. The molecule has 0 aliphatic carbocycles. The van der Waals surface area contributed by atoms with Gasteiger partial charge in [-0.2, -0.15) is 7.82 Å². The van der Waals surface area contributed by atoms with Gasteiger partial charge in [0.05, 0.1) is 18.5 Å². The molecule has 0 fully saturated rings. The smallest absolute Gasteiger partial charge is 0.0526 e. The molecule has 0 saturated heterocycles. The standard InChI is InChI=1S/3C10H23P.H3O4P/c3*1-2-3-4-5-6-7-8-9-10-11;1-5(2,3)4/h3*2-11H2,1H3;(H3,1,2,3,4). The normalized spacial score (nSPS) is 10.8. The second kappa shape index (κ2) is 45.4. The van der Waals surface area contributed by atoms with Gasteiger partial charge < -0.3 is 19.2 Å². The van der Waals surface area contributed by atoms with Crippen LogP contribution < -0.4 is 14.7 Å². The third-order valence-electron chi connectivity index (χ3n) is 6.31. The van der Waals surface area contributed by atoms with Gasteiger partial charge in [0.15, 0.2) is 0 Å². The Bertz CT molecular complexity index is 335. The number of hydrogen-bond donors (Lipinski definition) is 0. The quantitative estimate of drug-likeness (QED) is 0.0801. The lowest BCUT2D eigenvalue weighted by molar-refractivity contribution is -0.432. The molecule has 0 heterocycles. The summed E-state index contributed by atoms with van der Waals surface area (Å²) in [6, 6.07) is 0. The van der Waals surface area contributed by atoms with Gasteiger partial charge >= 0.3 is 0 Å². The van der Waals surface area contributed by atoms with Crippen molar-refractivity contribution in [3.05, 3.63) is 0 Å². The minimum atomic E-state index is -5.39. The van der Waals surface area contributed by atoms with Crippen molar-refractivity contribution in [3.8, 4) is 0 Å². The first-order chi connectivity index (χ1) is 18.2. The fourth-order valence-electron chi connectivity index (χ4n) is 3.93. The molecule has 0 bridgehead atoms. The van der Waals surface area contributed by atoms with Gasteiger partial charge in [-0.25, -0.2) is 0 Å². The van der Waals surface area contributed by atoms with Crippen molar-refractivity contribution in [2.75, 3.05) is 18.5 Å². The molecule has 0 spiro atoms. The Morgan fingerprint density at radius 3 is 0.632 bits per heavy atom. The molecule has 0 aliphatic rings. The Kier molecular flexibility index (Phi) is 55.4. The highest BCUT2D eigenvalue weighted by molar-refractivity contribution is 7.40. The van der Waals surface area contributed by atoms with Crippen molar-refractivity contribution in [2.24, 2.45) is 0 Å². The van der Waals surface area contributed by atoms with Gasteiger partial charge in [-0.3, -0.25) is 0 Å². The topological polar surface area (TPSA) is 86.2 Å². The van der Waals surface area contributed by atoms with Gasteiger partial charge in [0.25, 0.3) is 0 Å². The van der Waals surface area contributed by atoms with Crippen molar-refractivity contribution in [2.45, 2.75) is 175 Å². The second-order valence-corrected chi connectivity index (χ2v) is 13.4. The predicted molar refractivity (Wildman–Crippen MR) is 183 cm³/mol. The molecule has 0 aromatic rings. The summed E-state index contributed by atoms with van der Waals surface area (Å²) in [4.78, 5) is 25.6. The predicted octanol–water partition coefficient (Wildman–Crippen LogP) is 8.38. The molecule has 8 heteroatoms. The van der Waals surface area contributed by atoms with E-state index < -0.39 is 7.82 Å². The zero-order valence-electron chi connectivity index (χ0n) is 26.3. The van der Waals surface area contributed by atoms with Crippen LogP contribution in [0.5, 0.6) is 0 Å². The Balaban J connectivity index is -0.000000209. The van der Waals surface area contributed by atoms with Crippen LogP contribution in [0.1, 0.15) is 175 Å². The molecule has 3 atom stereocenters. The summed E-state index contributed by atoms with van der Waals surface area (Å²) in [5.74, 6) is 0. The summed E-state index contributed by atoms with van der Waals surface area (Å²) in [6.45, 7) is 6.83. The molecule has 0 N–H and O–H groups in total. The minimum absolute atomic E-state index is 1.37. The average Bonchev–Trinajstić information content (AvgIpc) is 2.87. The van der Waals surface area contributed by atoms with Crippen LogP contribution in [0.4, 0.5) is 0 Å². The summed E-state index contributed by atoms with van der Waals surface area (Å²) in [5.41, 5.74) is 0. The molecule has 236 valence electrons. The van der Waals surface area contributed by atoms with Gasteiger partial charge in [-0.1, -0.05) is 136 Å². The van der Waals surface area contributed by atoms with E-state index in [2.05, 4.69) is 48.5 Å². The van der Waals surface area contributed by atoms with Crippen molar-refractivity contribution >= 4 is 35.5 Å². The molecule has 3 unspecified atom stereocenters. The lowest BCUT2D eigenvalue weighted by Crippen LogP contribution is -2.24. The fourth-order valence-corrected chi connectivity index (χ4v) is 4.99. The molecule has 0 aliphatic heterocycles. The molecule has 0 aromatic carbocycles. The third kappa shape index (κ3) is 76.8. The Hall–Kier alpha value is 1.40. The van der Waals surface area contributed by atoms with Crippen LogP contribution in [-0.2, 0) is 4.57 Å². The Morgan fingerprint density at radius 1 is 0.368 bits per heavy atom. The zero-order chi connectivity index (χ0) is 29.6. The van der Waals surface area contributed by atoms with Gasteiger partial charge in [0.2, 0.25) is 0 Å². The third-order valence-corrected chi connectivity index (χ3v) is 7.81. The Morgan fingerprint density at radius 2 is 0.500 bits per heavy atom. The van der Waals surface area contributed by atoms with Crippen LogP contribution in [0.2, 0.25) is 0 Å². The first-order valence-corrected chi connectivity index (χ1v) is 20.8. The summed E-state index contributed by atoms with van der Waals surface area (Å²) in [6.07, 6.45) is 39.0.